The quantitative estimate of drug-likeness (QED) is 0.874. The van der Waals surface area contributed by atoms with E-state index in [-0.39, 0.29) is 5.91 Å². The number of hydrogen-bond donors (Lipinski definition) is 2. The van der Waals surface area contributed by atoms with Crippen molar-refractivity contribution in [3.63, 3.8) is 0 Å². The van der Waals surface area contributed by atoms with E-state index in [2.05, 4.69) is 5.32 Å². The SMILES string of the molecule is CCCn1cc(Cl)cc1C(=O)NC(C)(C)C(C)(C)O. The molecule has 0 fully saturated rings. The first-order valence-electron chi connectivity index (χ1n) is 6.49. The lowest BCUT2D eigenvalue weighted by atomic mass is 9.86. The lowest BCUT2D eigenvalue weighted by molar-refractivity contribution is -0.00310. The van der Waals surface area contributed by atoms with Crippen LogP contribution < -0.4 is 5.32 Å². The smallest absolute Gasteiger partial charge is 0.268 e. The van der Waals surface area contributed by atoms with Crippen molar-refractivity contribution in [3.8, 4) is 0 Å². The minimum Gasteiger partial charge on any atom is -0.388 e. The summed E-state index contributed by atoms with van der Waals surface area (Å²) in [6.07, 6.45) is 2.66. The molecule has 2 N–H and O–H groups in total. The van der Waals surface area contributed by atoms with Gasteiger partial charge in [-0.15, -0.1) is 0 Å². The summed E-state index contributed by atoms with van der Waals surface area (Å²) in [5.41, 5.74) is -1.24. The second-order valence-electron chi connectivity index (χ2n) is 5.88. The van der Waals surface area contributed by atoms with E-state index >= 15 is 0 Å². The van der Waals surface area contributed by atoms with Gasteiger partial charge in [0.2, 0.25) is 0 Å². The fourth-order valence-corrected chi connectivity index (χ4v) is 1.81. The van der Waals surface area contributed by atoms with E-state index in [0.29, 0.717) is 10.7 Å². The van der Waals surface area contributed by atoms with Crippen molar-refractivity contribution < 1.29 is 9.90 Å². The normalized spacial score (nSPS) is 12.6. The summed E-state index contributed by atoms with van der Waals surface area (Å²) in [5, 5.41) is 13.5. The Morgan fingerprint density at radius 2 is 2.00 bits per heavy atom. The lowest BCUT2D eigenvalue weighted by Gasteiger charge is -2.38. The topological polar surface area (TPSA) is 54.3 Å². The average molecular weight is 287 g/mol. The summed E-state index contributed by atoms with van der Waals surface area (Å²) in [6.45, 7) is 9.70. The molecule has 0 aliphatic rings. The Bertz CT molecular complexity index is 459. The Hall–Kier alpha value is -1.00. The van der Waals surface area contributed by atoms with Crippen molar-refractivity contribution >= 4 is 17.5 Å². The molecule has 0 bridgehead atoms. The van der Waals surface area contributed by atoms with E-state index in [0.717, 1.165) is 13.0 Å². The molecule has 0 unspecified atom stereocenters. The Morgan fingerprint density at radius 1 is 1.42 bits per heavy atom. The Labute approximate surface area is 119 Å². The van der Waals surface area contributed by atoms with Gasteiger partial charge in [-0.05, 0) is 40.2 Å². The largest absolute Gasteiger partial charge is 0.388 e. The molecule has 0 aliphatic heterocycles. The van der Waals surface area contributed by atoms with Gasteiger partial charge in [0, 0.05) is 12.7 Å². The summed E-state index contributed by atoms with van der Waals surface area (Å²) < 4.78 is 1.83. The van der Waals surface area contributed by atoms with E-state index in [1.54, 1.807) is 40.0 Å². The number of nitrogens with one attached hydrogen (secondary N) is 1. The number of amides is 1. The molecule has 1 aromatic rings. The van der Waals surface area contributed by atoms with Gasteiger partial charge < -0.3 is 15.0 Å². The van der Waals surface area contributed by atoms with Crippen molar-refractivity contribution in [1.29, 1.82) is 0 Å². The van der Waals surface area contributed by atoms with Crippen LogP contribution in [0.2, 0.25) is 5.02 Å². The number of carbonyl (C=O) groups is 1. The highest BCUT2D eigenvalue weighted by Crippen LogP contribution is 2.22. The van der Waals surface area contributed by atoms with Crippen LogP contribution in [0.5, 0.6) is 0 Å². The summed E-state index contributed by atoms with van der Waals surface area (Å²) in [4.78, 5) is 12.3. The highest BCUT2D eigenvalue weighted by molar-refractivity contribution is 6.31. The number of halogens is 1. The highest BCUT2D eigenvalue weighted by atomic mass is 35.5. The van der Waals surface area contributed by atoms with Crippen molar-refractivity contribution in [1.82, 2.24) is 9.88 Å². The molecular weight excluding hydrogens is 264 g/mol. The maximum Gasteiger partial charge on any atom is 0.268 e. The van der Waals surface area contributed by atoms with Gasteiger partial charge in [0.15, 0.2) is 0 Å². The molecule has 0 spiro atoms. The maximum atomic E-state index is 12.3. The van der Waals surface area contributed by atoms with Crippen molar-refractivity contribution in [3.05, 3.63) is 23.0 Å². The molecule has 0 radical (unpaired) electrons. The van der Waals surface area contributed by atoms with Gasteiger partial charge in [0.25, 0.3) is 5.91 Å². The lowest BCUT2D eigenvalue weighted by Crippen LogP contribution is -2.57. The van der Waals surface area contributed by atoms with Crippen LogP contribution in [-0.2, 0) is 6.54 Å². The number of carbonyl (C=O) groups excluding carboxylic acids is 1. The molecule has 5 heteroatoms. The first-order chi connectivity index (χ1) is 8.58. The molecule has 1 aromatic heterocycles. The number of aromatic nitrogens is 1. The molecule has 0 atom stereocenters. The third kappa shape index (κ3) is 3.74. The highest BCUT2D eigenvalue weighted by Gasteiger charge is 2.37. The zero-order valence-electron chi connectivity index (χ0n) is 12.2. The van der Waals surface area contributed by atoms with Crippen LogP contribution in [0.15, 0.2) is 12.3 Å². The molecule has 4 nitrogen and oxygen atoms in total. The van der Waals surface area contributed by atoms with Crippen LogP contribution in [-0.4, -0.2) is 26.7 Å². The van der Waals surface area contributed by atoms with Crippen molar-refractivity contribution in [2.45, 2.75) is 58.7 Å². The van der Waals surface area contributed by atoms with E-state index in [1.807, 2.05) is 11.5 Å². The number of hydrogen-bond acceptors (Lipinski definition) is 2. The van der Waals surface area contributed by atoms with Crippen LogP contribution >= 0.6 is 11.6 Å². The van der Waals surface area contributed by atoms with Crippen LogP contribution in [0.4, 0.5) is 0 Å². The molecule has 108 valence electrons. The third-order valence-corrected chi connectivity index (χ3v) is 3.72. The predicted octanol–water partition coefficient (Wildman–Crippen LogP) is 2.83. The second-order valence-corrected chi connectivity index (χ2v) is 6.31. The third-order valence-electron chi connectivity index (χ3n) is 3.52. The van der Waals surface area contributed by atoms with Crippen LogP contribution in [0.1, 0.15) is 51.5 Å². The van der Waals surface area contributed by atoms with E-state index in [1.165, 1.54) is 0 Å². The minimum atomic E-state index is -1.02. The minimum absolute atomic E-state index is 0.229. The molecule has 0 saturated heterocycles. The zero-order chi connectivity index (χ0) is 14.8. The molecule has 0 aromatic carbocycles. The number of aryl methyl sites for hydroxylation is 1. The predicted molar refractivity (Wildman–Crippen MR) is 77.6 cm³/mol. The monoisotopic (exact) mass is 286 g/mol. The number of nitrogens with zero attached hydrogens (tertiary/aromatic N) is 1. The first-order valence-corrected chi connectivity index (χ1v) is 6.87. The molecule has 1 amide bonds. The number of rotatable bonds is 5. The van der Waals surface area contributed by atoms with E-state index < -0.39 is 11.1 Å². The van der Waals surface area contributed by atoms with Gasteiger partial charge in [-0.3, -0.25) is 4.79 Å². The van der Waals surface area contributed by atoms with Crippen LogP contribution in [0.25, 0.3) is 0 Å². The summed E-state index contributed by atoms with van der Waals surface area (Å²) >= 11 is 5.96. The van der Waals surface area contributed by atoms with Gasteiger partial charge in [0.1, 0.15) is 5.69 Å². The molecule has 0 saturated carbocycles. The zero-order valence-corrected chi connectivity index (χ0v) is 13.0. The maximum absolute atomic E-state index is 12.3. The van der Waals surface area contributed by atoms with E-state index in [4.69, 9.17) is 11.6 Å². The molecular formula is C14H23ClN2O2. The van der Waals surface area contributed by atoms with Crippen LogP contribution in [0, 0.1) is 0 Å². The second kappa shape index (κ2) is 5.55. The fourth-order valence-electron chi connectivity index (χ4n) is 1.59. The average Bonchev–Trinajstić information content (AvgIpc) is 2.57. The van der Waals surface area contributed by atoms with Gasteiger partial charge in [0.05, 0.1) is 16.2 Å². The van der Waals surface area contributed by atoms with Crippen molar-refractivity contribution in [2.24, 2.45) is 0 Å². The van der Waals surface area contributed by atoms with E-state index in [9.17, 15) is 9.90 Å². The summed E-state index contributed by atoms with van der Waals surface area (Å²) in [5.74, 6) is -0.229. The van der Waals surface area contributed by atoms with Gasteiger partial charge in [-0.2, -0.15) is 0 Å². The standard InChI is InChI=1S/C14H23ClN2O2/c1-6-7-17-9-10(15)8-11(17)12(18)16-13(2,3)14(4,5)19/h8-9,19H,6-7H2,1-5H3,(H,16,18). The number of aliphatic hydroxyl groups is 1. The van der Waals surface area contributed by atoms with Gasteiger partial charge in [-0.1, -0.05) is 18.5 Å². The summed E-state index contributed by atoms with van der Waals surface area (Å²) in [7, 11) is 0. The Morgan fingerprint density at radius 3 is 2.47 bits per heavy atom. The molecule has 19 heavy (non-hydrogen) atoms. The molecule has 0 aliphatic carbocycles. The van der Waals surface area contributed by atoms with Crippen molar-refractivity contribution in [2.75, 3.05) is 0 Å². The first kappa shape index (κ1) is 16.1. The Balaban J connectivity index is 2.96. The van der Waals surface area contributed by atoms with Gasteiger partial charge in [-0.25, -0.2) is 0 Å². The van der Waals surface area contributed by atoms with Crippen LogP contribution in [0.3, 0.4) is 0 Å². The Kier molecular flexibility index (Phi) is 4.69. The molecule has 1 rings (SSSR count). The fraction of sp³-hybridized carbons (Fsp3) is 0.643. The summed E-state index contributed by atoms with van der Waals surface area (Å²) in [6, 6.07) is 1.65. The van der Waals surface area contributed by atoms with Gasteiger partial charge >= 0.3 is 0 Å². The molecule has 1 heterocycles.